The van der Waals surface area contributed by atoms with E-state index in [4.69, 9.17) is 0 Å². The average molecular weight is 273 g/mol. The van der Waals surface area contributed by atoms with Gasteiger partial charge in [0.05, 0.1) is 23.6 Å². The summed E-state index contributed by atoms with van der Waals surface area (Å²) in [6.07, 6.45) is 1.45. The summed E-state index contributed by atoms with van der Waals surface area (Å²) in [6, 6.07) is 0.0223. The van der Waals surface area contributed by atoms with E-state index in [1.54, 1.807) is 4.68 Å². The van der Waals surface area contributed by atoms with Crippen molar-refractivity contribution in [2.45, 2.75) is 44.5 Å². The lowest BCUT2D eigenvalue weighted by Gasteiger charge is -2.14. The van der Waals surface area contributed by atoms with Crippen LogP contribution in [0.1, 0.15) is 38.6 Å². The van der Waals surface area contributed by atoms with Crippen LogP contribution >= 0.6 is 0 Å². The van der Waals surface area contributed by atoms with Gasteiger partial charge in [-0.15, -0.1) is 5.10 Å². The Labute approximate surface area is 107 Å². The molecule has 0 saturated carbocycles. The van der Waals surface area contributed by atoms with Crippen LogP contribution in [0.2, 0.25) is 0 Å². The highest BCUT2D eigenvalue weighted by Crippen LogP contribution is 2.22. The highest BCUT2D eigenvalue weighted by atomic mass is 32.2. The van der Waals surface area contributed by atoms with Gasteiger partial charge in [0.2, 0.25) is 0 Å². The summed E-state index contributed by atoms with van der Waals surface area (Å²) in [5.41, 5.74) is 0. The molecule has 0 amide bonds. The number of hydrogen-bond acceptors (Lipinski definition) is 6. The number of nitrogens with one attached hydrogen (secondary N) is 1. The van der Waals surface area contributed by atoms with E-state index in [-0.39, 0.29) is 17.0 Å². The number of tetrazole rings is 1. The third kappa shape index (κ3) is 2.69. The molecule has 1 aliphatic rings. The zero-order valence-corrected chi connectivity index (χ0v) is 11.5. The molecule has 1 aromatic rings. The fraction of sp³-hybridized carbons (Fsp3) is 0.900. The van der Waals surface area contributed by atoms with Gasteiger partial charge in [0, 0.05) is 0 Å². The third-order valence-electron chi connectivity index (χ3n) is 3.30. The summed E-state index contributed by atoms with van der Waals surface area (Å²) in [5.74, 6) is 0.983. The normalized spacial score (nSPS) is 24.2. The minimum Gasteiger partial charge on any atom is -0.308 e. The molecule has 8 heteroatoms. The molecule has 7 nitrogen and oxygen atoms in total. The number of rotatable bonds is 5. The largest absolute Gasteiger partial charge is 0.308 e. The molecule has 0 bridgehead atoms. The van der Waals surface area contributed by atoms with E-state index in [2.05, 4.69) is 20.8 Å². The van der Waals surface area contributed by atoms with Crippen molar-refractivity contribution in [3.63, 3.8) is 0 Å². The maximum absolute atomic E-state index is 11.8. The molecule has 1 fully saturated rings. The smallest absolute Gasteiger partial charge is 0.167 e. The number of sulfone groups is 1. The molecule has 1 aromatic heterocycles. The maximum Gasteiger partial charge on any atom is 0.167 e. The van der Waals surface area contributed by atoms with Gasteiger partial charge >= 0.3 is 0 Å². The van der Waals surface area contributed by atoms with E-state index in [0.29, 0.717) is 18.8 Å². The second kappa shape index (κ2) is 5.31. The molecular formula is C10H19N5O2S. The Morgan fingerprint density at radius 1 is 1.56 bits per heavy atom. The van der Waals surface area contributed by atoms with Crippen molar-refractivity contribution >= 4 is 9.84 Å². The Morgan fingerprint density at radius 2 is 2.33 bits per heavy atom. The van der Waals surface area contributed by atoms with Crippen LogP contribution in [0, 0.1) is 0 Å². The summed E-state index contributed by atoms with van der Waals surface area (Å²) in [6.45, 7) is 5.15. The van der Waals surface area contributed by atoms with Gasteiger partial charge in [-0.1, -0.05) is 6.92 Å². The molecule has 0 aromatic carbocycles. The van der Waals surface area contributed by atoms with Crippen LogP contribution < -0.4 is 5.32 Å². The lowest BCUT2D eigenvalue weighted by molar-refractivity contribution is 0.477. The predicted molar refractivity (Wildman–Crippen MR) is 66.7 cm³/mol. The number of hydrogen-bond donors (Lipinski definition) is 1. The molecule has 2 atom stereocenters. The van der Waals surface area contributed by atoms with Crippen molar-refractivity contribution in [2.75, 3.05) is 12.3 Å². The fourth-order valence-electron chi connectivity index (χ4n) is 2.31. The molecule has 1 saturated heterocycles. The van der Waals surface area contributed by atoms with Gasteiger partial charge in [-0.3, -0.25) is 0 Å². The minimum absolute atomic E-state index is 0.0223. The Balaban J connectivity index is 2.13. The van der Waals surface area contributed by atoms with Crippen LogP contribution in [0.3, 0.4) is 0 Å². The molecule has 2 rings (SSSR count). The Kier molecular flexibility index (Phi) is 3.96. The molecule has 0 radical (unpaired) electrons. The lowest BCUT2D eigenvalue weighted by Crippen LogP contribution is -2.27. The van der Waals surface area contributed by atoms with Crippen molar-refractivity contribution in [1.29, 1.82) is 0 Å². The van der Waals surface area contributed by atoms with Gasteiger partial charge < -0.3 is 5.32 Å². The Morgan fingerprint density at radius 3 is 2.94 bits per heavy atom. The second-order valence-electron chi connectivity index (χ2n) is 4.63. The van der Waals surface area contributed by atoms with Gasteiger partial charge in [-0.2, -0.15) is 0 Å². The first kappa shape index (κ1) is 13.4. The fourth-order valence-corrected chi connectivity index (χ4v) is 4.10. The lowest BCUT2D eigenvalue weighted by atomic mass is 10.2. The molecule has 18 heavy (non-hydrogen) atoms. The first-order chi connectivity index (χ1) is 8.54. The van der Waals surface area contributed by atoms with Crippen LogP contribution in [0.5, 0.6) is 0 Å². The third-order valence-corrected chi connectivity index (χ3v) is 5.55. The quantitative estimate of drug-likeness (QED) is 0.807. The molecule has 0 spiro atoms. The van der Waals surface area contributed by atoms with E-state index in [1.807, 2.05) is 13.8 Å². The SMILES string of the molecule is CCNC(C)c1nnnn1CC1CCCS1(=O)=O. The zero-order chi connectivity index (χ0) is 13.2. The molecule has 2 unspecified atom stereocenters. The summed E-state index contributed by atoms with van der Waals surface area (Å²) in [5, 5.41) is 14.4. The van der Waals surface area contributed by atoms with E-state index in [1.165, 1.54) is 0 Å². The monoisotopic (exact) mass is 273 g/mol. The van der Waals surface area contributed by atoms with Crippen LogP contribution in [0.4, 0.5) is 0 Å². The summed E-state index contributed by atoms with van der Waals surface area (Å²) >= 11 is 0. The van der Waals surface area contributed by atoms with Gasteiger partial charge in [0.15, 0.2) is 15.7 Å². The summed E-state index contributed by atoms with van der Waals surface area (Å²) in [4.78, 5) is 0. The molecule has 1 N–H and O–H groups in total. The molecule has 0 aliphatic carbocycles. The van der Waals surface area contributed by atoms with E-state index in [0.717, 1.165) is 13.0 Å². The highest BCUT2D eigenvalue weighted by molar-refractivity contribution is 7.92. The molecule has 102 valence electrons. The standard InChI is InChI=1S/C10H19N5O2S/c1-3-11-8(2)10-12-13-14-15(10)7-9-5-4-6-18(9,16)17/h8-9,11H,3-7H2,1-2H3. The first-order valence-electron chi connectivity index (χ1n) is 6.25. The van der Waals surface area contributed by atoms with Crippen LogP contribution in [-0.4, -0.2) is 46.2 Å². The molecular weight excluding hydrogens is 254 g/mol. The van der Waals surface area contributed by atoms with Crippen LogP contribution in [0.15, 0.2) is 0 Å². The average Bonchev–Trinajstić information content (AvgIpc) is 2.87. The van der Waals surface area contributed by atoms with Gasteiger partial charge in [-0.25, -0.2) is 13.1 Å². The zero-order valence-electron chi connectivity index (χ0n) is 10.7. The maximum atomic E-state index is 11.8. The van der Waals surface area contributed by atoms with E-state index >= 15 is 0 Å². The van der Waals surface area contributed by atoms with Crippen molar-refractivity contribution in [3.05, 3.63) is 5.82 Å². The van der Waals surface area contributed by atoms with Crippen molar-refractivity contribution in [2.24, 2.45) is 0 Å². The first-order valence-corrected chi connectivity index (χ1v) is 7.97. The Hall–Kier alpha value is -1.02. The Bertz CT molecular complexity index is 498. The highest BCUT2D eigenvalue weighted by Gasteiger charge is 2.32. The number of nitrogens with zero attached hydrogens (tertiary/aromatic N) is 4. The summed E-state index contributed by atoms with van der Waals surface area (Å²) < 4.78 is 25.2. The van der Waals surface area contributed by atoms with Crippen molar-refractivity contribution < 1.29 is 8.42 Å². The minimum atomic E-state index is -2.95. The van der Waals surface area contributed by atoms with Crippen LogP contribution in [-0.2, 0) is 16.4 Å². The van der Waals surface area contributed by atoms with Crippen molar-refractivity contribution in [3.8, 4) is 0 Å². The van der Waals surface area contributed by atoms with Gasteiger partial charge in [-0.05, 0) is 36.7 Å². The van der Waals surface area contributed by atoms with Gasteiger partial charge in [0.25, 0.3) is 0 Å². The van der Waals surface area contributed by atoms with Crippen molar-refractivity contribution in [1.82, 2.24) is 25.5 Å². The van der Waals surface area contributed by atoms with E-state index < -0.39 is 9.84 Å². The topological polar surface area (TPSA) is 89.8 Å². The van der Waals surface area contributed by atoms with Crippen LogP contribution in [0.25, 0.3) is 0 Å². The second-order valence-corrected chi connectivity index (χ2v) is 7.03. The van der Waals surface area contributed by atoms with Gasteiger partial charge in [0.1, 0.15) is 0 Å². The molecule has 2 heterocycles. The predicted octanol–water partition coefficient (Wildman–Crippen LogP) is -0.0792. The van der Waals surface area contributed by atoms with E-state index in [9.17, 15) is 8.42 Å². The molecule has 1 aliphatic heterocycles. The number of aromatic nitrogens is 4. The summed E-state index contributed by atoms with van der Waals surface area (Å²) in [7, 11) is -2.95.